The van der Waals surface area contributed by atoms with Crippen LogP contribution in [-0.4, -0.2) is 30.7 Å². The summed E-state index contributed by atoms with van der Waals surface area (Å²) in [6, 6.07) is 12.3. The summed E-state index contributed by atoms with van der Waals surface area (Å²) in [6.45, 7) is 8.15. The van der Waals surface area contributed by atoms with Crippen molar-refractivity contribution in [1.29, 1.82) is 0 Å². The Labute approximate surface area is 188 Å². The number of carbonyl (C=O) groups is 1. The van der Waals surface area contributed by atoms with Crippen LogP contribution in [0.4, 0.5) is 5.69 Å². The Balaban J connectivity index is 1.68. The first-order valence-corrected chi connectivity index (χ1v) is 11.8. The van der Waals surface area contributed by atoms with Crippen LogP contribution in [0.5, 0.6) is 5.75 Å². The van der Waals surface area contributed by atoms with Gasteiger partial charge in [0.1, 0.15) is 5.75 Å². The molecule has 1 aromatic heterocycles. The fraction of sp³-hybridized carbons (Fsp3) is 0.304. The van der Waals surface area contributed by atoms with Crippen molar-refractivity contribution in [2.75, 3.05) is 11.3 Å². The topological polar surface area (TPSA) is 102 Å². The number of hydrogen-bond donors (Lipinski definition) is 2. The largest absolute Gasteiger partial charge is 0.494 e. The van der Waals surface area contributed by atoms with Gasteiger partial charge in [0.2, 0.25) is 0 Å². The summed E-state index contributed by atoms with van der Waals surface area (Å²) in [5.41, 5.74) is 3.65. The number of aryl methyl sites for hydroxylation is 2. The quantitative estimate of drug-likeness (QED) is 0.538. The molecule has 1 atom stereocenters. The lowest BCUT2D eigenvalue weighted by Crippen LogP contribution is -2.27. The maximum Gasteiger partial charge on any atom is 0.261 e. The van der Waals surface area contributed by atoms with Gasteiger partial charge >= 0.3 is 0 Å². The number of ether oxygens (including phenoxy) is 1. The van der Waals surface area contributed by atoms with Crippen molar-refractivity contribution in [2.45, 2.75) is 38.6 Å². The molecule has 1 unspecified atom stereocenters. The maximum absolute atomic E-state index is 12.7. The first-order valence-electron chi connectivity index (χ1n) is 10.3. The van der Waals surface area contributed by atoms with Crippen LogP contribution in [0.15, 0.2) is 53.4 Å². The van der Waals surface area contributed by atoms with Crippen molar-refractivity contribution < 1.29 is 17.9 Å². The molecule has 9 heteroatoms. The molecule has 1 heterocycles. The van der Waals surface area contributed by atoms with Gasteiger partial charge in [-0.3, -0.25) is 14.2 Å². The lowest BCUT2D eigenvalue weighted by atomic mass is 10.1. The number of sulfonamides is 1. The van der Waals surface area contributed by atoms with Crippen LogP contribution in [0.2, 0.25) is 0 Å². The van der Waals surface area contributed by atoms with E-state index in [2.05, 4.69) is 15.1 Å². The van der Waals surface area contributed by atoms with Crippen molar-refractivity contribution in [2.24, 2.45) is 7.05 Å². The Morgan fingerprint density at radius 1 is 1.09 bits per heavy atom. The molecule has 0 fully saturated rings. The van der Waals surface area contributed by atoms with Gasteiger partial charge in [0.15, 0.2) is 0 Å². The Morgan fingerprint density at radius 2 is 1.72 bits per heavy atom. The Kier molecular flexibility index (Phi) is 6.88. The summed E-state index contributed by atoms with van der Waals surface area (Å²) in [5.74, 6) is 0.355. The van der Waals surface area contributed by atoms with E-state index in [4.69, 9.17) is 4.74 Å². The predicted octanol–water partition coefficient (Wildman–Crippen LogP) is 3.73. The molecule has 0 aliphatic rings. The van der Waals surface area contributed by atoms with Gasteiger partial charge in [-0.15, -0.1) is 0 Å². The number of hydrogen-bond acceptors (Lipinski definition) is 5. The molecule has 8 nitrogen and oxygen atoms in total. The maximum atomic E-state index is 12.7. The van der Waals surface area contributed by atoms with Crippen LogP contribution in [-0.2, 0) is 17.1 Å². The van der Waals surface area contributed by atoms with Gasteiger partial charge in [-0.2, -0.15) is 5.10 Å². The summed E-state index contributed by atoms with van der Waals surface area (Å²) in [5, 5.41) is 7.36. The fourth-order valence-electron chi connectivity index (χ4n) is 3.55. The van der Waals surface area contributed by atoms with Gasteiger partial charge in [-0.05, 0) is 76.2 Å². The zero-order valence-corrected chi connectivity index (χ0v) is 19.7. The standard InChI is InChI=1S/C23H28N4O4S/c1-6-31-20-11-13-21(14-12-20)32(29,30)26-19-9-7-18(8-10-19)23(28)24-15(2)22-16(3)25-27(5)17(22)4/h7-15,26H,6H2,1-5H3,(H,24,28). The zero-order chi connectivity index (χ0) is 23.5. The second-order valence-electron chi connectivity index (χ2n) is 7.49. The molecule has 0 saturated heterocycles. The van der Waals surface area contributed by atoms with Crippen LogP contribution in [0.1, 0.15) is 47.2 Å². The van der Waals surface area contributed by atoms with Gasteiger partial charge in [0, 0.05) is 29.6 Å². The highest BCUT2D eigenvalue weighted by Gasteiger charge is 2.19. The van der Waals surface area contributed by atoms with E-state index in [0.717, 1.165) is 17.0 Å². The summed E-state index contributed by atoms with van der Waals surface area (Å²) >= 11 is 0. The van der Waals surface area contributed by atoms with Crippen LogP contribution in [0.25, 0.3) is 0 Å². The van der Waals surface area contributed by atoms with E-state index in [-0.39, 0.29) is 16.8 Å². The van der Waals surface area contributed by atoms with Gasteiger partial charge in [0.25, 0.3) is 15.9 Å². The number of aromatic nitrogens is 2. The SMILES string of the molecule is CCOc1ccc(S(=O)(=O)Nc2ccc(C(=O)NC(C)c3c(C)nn(C)c3C)cc2)cc1. The van der Waals surface area contributed by atoms with Gasteiger partial charge in [-0.25, -0.2) is 8.42 Å². The lowest BCUT2D eigenvalue weighted by molar-refractivity contribution is 0.0939. The van der Waals surface area contributed by atoms with Crippen LogP contribution in [0, 0.1) is 13.8 Å². The molecule has 0 spiro atoms. The minimum atomic E-state index is -3.76. The first kappa shape index (κ1) is 23.3. The van der Waals surface area contributed by atoms with Crippen molar-refractivity contribution in [3.05, 3.63) is 71.0 Å². The monoisotopic (exact) mass is 456 g/mol. The molecule has 32 heavy (non-hydrogen) atoms. The molecule has 0 saturated carbocycles. The molecule has 2 aromatic carbocycles. The summed E-state index contributed by atoms with van der Waals surface area (Å²) in [6.07, 6.45) is 0. The molecule has 170 valence electrons. The van der Waals surface area contributed by atoms with E-state index in [9.17, 15) is 13.2 Å². The Morgan fingerprint density at radius 3 is 2.25 bits per heavy atom. The first-order chi connectivity index (χ1) is 15.1. The smallest absolute Gasteiger partial charge is 0.261 e. The average molecular weight is 457 g/mol. The van der Waals surface area contributed by atoms with Crippen molar-refractivity contribution in [1.82, 2.24) is 15.1 Å². The highest BCUT2D eigenvalue weighted by atomic mass is 32.2. The summed E-state index contributed by atoms with van der Waals surface area (Å²) in [7, 11) is -1.89. The van der Waals surface area contributed by atoms with Crippen molar-refractivity contribution in [3.8, 4) is 5.75 Å². The van der Waals surface area contributed by atoms with E-state index >= 15 is 0 Å². The predicted molar refractivity (Wildman–Crippen MR) is 123 cm³/mol. The minimum absolute atomic E-state index is 0.124. The van der Waals surface area contributed by atoms with E-state index in [1.165, 1.54) is 12.1 Å². The zero-order valence-electron chi connectivity index (χ0n) is 18.8. The molecule has 0 radical (unpaired) electrons. The second kappa shape index (κ2) is 9.44. The van der Waals surface area contributed by atoms with Crippen molar-refractivity contribution in [3.63, 3.8) is 0 Å². The third-order valence-electron chi connectivity index (χ3n) is 5.19. The normalized spacial score (nSPS) is 12.3. The number of amides is 1. The third kappa shape index (κ3) is 5.11. The van der Waals surface area contributed by atoms with Crippen LogP contribution < -0.4 is 14.8 Å². The van der Waals surface area contributed by atoms with Crippen molar-refractivity contribution >= 4 is 21.6 Å². The number of rotatable bonds is 8. The molecule has 1 amide bonds. The van der Waals surface area contributed by atoms with Gasteiger partial charge in [-0.1, -0.05) is 0 Å². The van der Waals surface area contributed by atoms with Crippen LogP contribution >= 0.6 is 0 Å². The molecule has 0 bridgehead atoms. The van der Waals surface area contributed by atoms with Crippen LogP contribution in [0.3, 0.4) is 0 Å². The Hall–Kier alpha value is -3.33. The van der Waals surface area contributed by atoms with E-state index < -0.39 is 10.0 Å². The minimum Gasteiger partial charge on any atom is -0.494 e. The number of nitrogens with one attached hydrogen (secondary N) is 2. The molecular formula is C23H28N4O4S. The third-order valence-corrected chi connectivity index (χ3v) is 6.59. The molecule has 0 aliphatic carbocycles. The summed E-state index contributed by atoms with van der Waals surface area (Å²) < 4.78 is 34.9. The summed E-state index contributed by atoms with van der Waals surface area (Å²) in [4.78, 5) is 12.8. The molecule has 3 rings (SSSR count). The lowest BCUT2D eigenvalue weighted by Gasteiger charge is -2.15. The fourth-order valence-corrected chi connectivity index (χ4v) is 4.61. The molecule has 0 aliphatic heterocycles. The molecular weight excluding hydrogens is 428 g/mol. The Bertz CT molecular complexity index is 1200. The second-order valence-corrected chi connectivity index (χ2v) is 9.17. The number of anilines is 1. The highest BCUT2D eigenvalue weighted by Crippen LogP contribution is 2.22. The number of nitrogens with zero attached hydrogens (tertiary/aromatic N) is 2. The molecule has 2 N–H and O–H groups in total. The van der Waals surface area contributed by atoms with Gasteiger partial charge < -0.3 is 10.1 Å². The number of benzene rings is 2. The van der Waals surface area contributed by atoms with E-state index in [1.807, 2.05) is 34.7 Å². The van der Waals surface area contributed by atoms with E-state index in [0.29, 0.717) is 23.6 Å². The molecule has 3 aromatic rings. The van der Waals surface area contributed by atoms with Gasteiger partial charge in [0.05, 0.1) is 23.2 Å². The highest BCUT2D eigenvalue weighted by molar-refractivity contribution is 7.92. The van der Waals surface area contributed by atoms with E-state index in [1.54, 1.807) is 41.1 Å². The number of carbonyl (C=O) groups excluding carboxylic acids is 1. The average Bonchev–Trinajstić information content (AvgIpc) is 3.00.